The van der Waals surface area contributed by atoms with Crippen LogP contribution in [0.3, 0.4) is 0 Å². The summed E-state index contributed by atoms with van der Waals surface area (Å²) in [4.78, 5) is 12.1. The summed E-state index contributed by atoms with van der Waals surface area (Å²) in [5, 5.41) is 2.68. The lowest BCUT2D eigenvalue weighted by Gasteiger charge is -2.08. The topological polar surface area (TPSA) is 55.1 Å². The minimum absolute atomic E-state index is 0.0699. The number of carbonyl (C=O) groups is 1. The van der Waals surface area contributed by atoms with Crippen molar-refractivity contribution < 1.29 is 9.18 Å². The van der Waals surface area contributed by atoms with Crippen molar-refractivity contribution in [1.29, 1.82) is 0 Å². The van der Waals surface area contributed by atoms with E-state index >= 15 is 0 Å². The summed E-state index contributed by atoms with van der Waals surface area (Å²) < 4.78 is 13.3. The Hall–Kier alpha value is -2.36. The predicted molar refractivity (Wildman–Crippen MR) is 77.2 cm³/mol. The number of nitrogen functional groups attached to an aromatic ring is 1. The number of hydrogen-bond donors (Lipinski definition) is 2. The van der Waals surface area contributed by atoms with Crippen LogP contribution in [0.4, 0.5) is 15.8 Å². The van der Waals surface area contributed by atoms with Crippen LogP contribution in [0.1, 0.15) is 27.9 Å². The van der Waals surface area contributed by atoms with Crippen LogP contribution in [0.5, 0.6) is 0 Å². The Morgan fingerprint density at radius 2 is 1.90 bits per heavy atom. The van der Waals surface area contributed by atoms with Crippen LogP contribution in [0, 0.1) is 5.82 Å². The number of hydrogen-bond acceptors (Lipinski definition) is 2. The molecule has 0 unspecified atom stereocenters. The number of aryl methyl sites for hydroxylation is 2. The third-order valence-corrected chi connectivity index (χ3v) is 3.62. The second-order valence-corrected chi connectivity index (χ2v) is 5.03. The van der Waals surface area contributed by atoms with Gasteiger partial charge in [0, 0.05) is 11.3 Å². The Kier molecular flexibility index (Phi) is 3.14. The van der Waals surface area contributed by atoms with Gasteiger partial charge in [-0.3, -0.25) is 4.79 Å². The molecule has 20 heavy (non-hydrogen) atoms. The molecule has 0 saturated carbocycles. The lowest BCUT2D eigenvalue weighted by atomic mass is 10.1. The van der Waals surface area contributed by atoms with E-state index in [0.717, 1.165) is 19.3 Å². The number of halogens is 1. The van der Waals surface area contributed by atoms with E-state index in [1.54, 1.807) is 6.07 Å². The van der Waals surface area contributed by atoms with Gasteiger partial charge in [0.05, 0.1) is 5.69 Å². The quantitative estimate of drug-likeness (QED) is 0.824. The van der Waals surface area contributed by atoms with Crippen LogP contribution in [-0.4, -0.2) is 5.91 Å². The molecule has 1 aliphatic carbocycles. The molecule has 102 valence electrons. The molecule has 2 aromatic carbocycles. The standard InChI is InChI=1S/C16H15FN2O/c17-14-9-13(6-7-15(14)18)19-16(20)12-5-4-10-2-1-3-11(10)8-12/h4-9H,1-3,18H2,(H,19,20). The van der Waals surface area contributed by atoms with Crippen molar-refractivity contribution in [2.45, 2.75) is 19.3 Å². The first-order valence-electron chi connectivity index (χ1n) is 6.61. The van der Waals surface area contributed by atoms with E-state index in [1.807, 2.05) is 18.2 Å². The highest BCUT2D eigenvalue weighted by Gasteiger charge is 2.14. The molecule has 0 saturated heterocycles. The number of carbonyl (C=O) groups excluding carboxylic acids is 1. The van der Waals surface area contributed by atoms with Gasteiger partial charge in [0.25, 0.3) is 5.91 Å². The molecular weight excluding hydrogens is 255 g/mol. The maximum absolute atomic E-state index is 13.3. The van der Waals surface area contributed by atoms with Gasteiger partial charge in [-0.15, -0.1) is 0 Å². The second-order valence-electron chi connectivity index (χ2n) is 5.03. The third-order valence-electron chi connectivity index (χ3n) is 3.62. The molecule has 1 amide bonds. The molecule has 1 aliphatic rings. The lowest BCUT2D eigenvalue weighted by Crippen LogP contribution is -2.12. The van der Waals surface area contributed by atoms with Crippen LogP contribution in [-0.2, 0) is 12.8 Å². The summed E-state index contributed by atoms with van der Waals surface area (Å²) in [6.45, 7) is 0. The maximum Gasteiger partial charge on any atom is 0.255 e. The van der Waals surface area contributed by atoms with Gasteiger partial charge in [-0.1, -0.05) is 6.07 Å². The molecule has 2 aromatic rings. The average Bonchev–Trinajstić information content (AvgIpc) is 2.90. The number of rotatable bonds is 2. The molecule has 0 bridgehead atoms. The monoisotopic (exact) mass is 270 g/mol. The Balaban J connectivity index is 1.80. The van der Waals surface area contributed by atoms with E-state index in [2.05, 4.69) is 5.32 Å². The van der Waals surface area contributed by atoms with E-state index < -0.39 is 5.82 Å². The number of amides is 1. The molecule has 3 N–H and O–H groups in total. The zero-order chi connectivity index (χ0) is 14.1. The molecule has 0 atom stereocenters. The molecule has 4 heteroatoms. The molecule has 0 aliphatic heterocycles. The fourth-order valence-electron chi connectivity index (χ4n) is 2.52. The number of benzene rings is 2. The predicted octanol–water partition coefficient (Wildman–Crippen LogP) is 3.15. The van der Waals surface area contributed by atoms with Gasteiger partial charge in [-0.25, -0.2) is 4.39 Å². The van der Waals surface area contributed by atoms with Crippen molar-refractivity contribution >= 4 is 17.3 Å². The van der Waals surface area contributed by atoms with Crippen LogP contribution < -0.4 is 11.1 Å². The third kappa shape index (κ3) is 2.37. The number of anilines is 2. The molecule has 0 radical (unpaired) electrons. The fraction of sp³-hybridized carbons (Fsp3) is 0.188. The molecule has 0 aromatic heterocycles. The van der Waals surface area contributed by atoms with Crippen molar-refractivity contribution in [2.24, 2.45) is 0 Å². The number of fused-ring (bicyclic) bond motifs is 1. The van der Waals surface area contributed by atoms with Crippen molar-refractivity contribution in [3.05, 3.63) is 58.9 Å². The average molecular weight is 270 g/mol. The van der Waals surface area contributed by atoms with Crippen LogP contribution in [0.15, 0.2) is 36.4 Å². The largest absolute Gasteiger partial charge is 0.396 e. The minimum Gasteiger partial charge on any atom is -0.396 e. The van der Waals surface area contributed by atoms with E-state index in [4.69, 9.17) is 5.73 Å². The van der Waals surface area contributed by atoms with Gasteiger partial charge in [0.1, 0.15) is 5.82 Å². The number of nitrogens with one attached hydrogen (secondary N) is 1. The SMILES string of the molecule is Nc1ccc(NC(=O)c2ccc3c(c2)CCC3)cc1F. The highest BCUT2D eigenvalue weighted by atomic mass is 19.1. The zero-order valence-corrected chi connectivity index (χ0v) is 10.9. The van der Waals surface area contributed by atoms with Crippen molar-refractivity contribution in [2.75, 3.05) is 11.1 Å². The summed E-state index contributed by atoms with van der Waals surface area (Å²) in [7, 11) is 0. The van der Waals surface area contributed by atoms with Crippen LogP contribution >= 0.6 is 0 Å². The smallest absolute Gasteiger partial charge is 0.255 e. The van der Waals surface area contributed by atoms with E-state index in [1.165, 1.54) is 23.3 Å². The van der Waals surface area contributed by atoms with Crippen LogP contribution in [0.25, 0.3) is 0 Å². The summed E-state index contributed by atoms with van der Waals surface area (Å²) in [5.41, 5.74) is 9.04. The Labute approximate surface area is 116 Å². The van der Waals surface area contributed by atoms with Gasteiger partial charge in [0.15, 0.2) is 0 Å². The molecule has 3 rings (SSSR count). The Morgan fingerprint density at radius 3 is 2.70 bits per heavy atom. The first kappa shape index (κ1) is 12.7. The molecule has 0 heterocycles. The maximum atomic E-state index is 13.3. The first-order chi connectivity index (χ1) is 9.63. The highest BCUT2D eigenvalue weighted by molar-refractivity contribution is 6.04. The van der Waals surface area contributed by atoms with Crippen LogP contribution in [0.2, 0.25) is 0 Å². The molecule has 0 fully saturated rings. The van der Waals surface area contributed by atoms with Gasteiger partial charge in [-0.2, -0.15) is 0 Å². The zero-order valence-electron chi connectivity index (χ0n) is 10.9. The normalized spacial score (nSPS) is 13.1. The summed E-state index contributed by atoms with van der Waals surface area (Å²) in [5.74, 6) is -0.763. The molecule has 0 spiro atoms. The van der Waals surface area contributed by atoms with Gasteiger partial charge in [-0.05, 0) is 60.7 Å². The molecular formula is C16H15FN2O. The summed E-state index contributed by atoms with van der Waals surface area (Å²) in [6.07, 6.45) is 3.25. The van der Waals surface area contributed by atoms with E-state index in [9.17, 15) is 9.18 Å². The fourth-order valence-corrected chi connectivity index (χ4v) is 2.52. The van der Waals surface area contributed by atoms with Gasteiger partial charge >= 0.3 is 0 Å². The van der Waals surface area contributed by atoms with E-state index in [0.29, 0.717) is 11.3 Å². The summed E-state index contributed by atoms with van der Waals surface area (Å²) in [6, 6.07) is 9.98. The van der Waals surface area contributed by atoms with Crippen molar-refractivity contribution in [3.63, 3.8) is 0 Å². The number of nitrogens with two attached hydrogens (primary N) is 1. The molecule has 3 nitrogen and oxygen atoms in total. The van der Waals surface area contributed by atoms with E-state index in [-0.39, 0.29) is 11.6 Å². The van der Waals surface area contributed by atoms with Gasteiger partial charge in [0.2, 0.25) is 0 Å². The van der Waals surface area contributed by atoms with Crippen molar-refractivity contribution in [3.8, 4) is 0 Å². The Morgan fingerprint density at radius 1 is 1.10 bits per heavy atom. The summed E-state index contributed by atoms with van der Waals surface area (Å²) >= 11 is 0. The second kappa shape index (κ2) is 4.96. The highest BCUT2D eigenvalue weighted by Crippen LogP contribution is 2.23. The first-order valence-corrected chi connectivity index (χ1v) is 6.61. The lowest BCUT2D eigenvalue weighted by molar-refractivity contribution is 0.102. The Bertz CT molecular complexity index is 682. The van der Waals surface area contributed by atoms with Gasteiger partial charge < -0.3 is 11.1 Å². The van der Waals surface area contributed by atoms with Crippen molar-refractivity contribution in [1.82, 2.24) is 0 Å². The minimum atomic E-state index is -0.531.